The molecule has 3 aliphatic rings. The second-order valence-corrected chi connectivity index (χ2v) is 12.2. The summed E-state index contributed by atoms with van der Waals surface area (Å²) in [6.45, 7) is 7.32. The van der Waals surface area contributed by atoms with Gasteiger partial charge >= 0.3 is 18.0 Å². The van der Waals surface area contributed by atoms with Crippen molar-refractivity contribution in [1.29, 1.82) is 0 Å². The third kappa shape index (κ3) is 6.37. The summed E-state index contributed by atoms with van der Waals surface area (Å²) in [4.78, 5) is 41.1. The highest BCUT2D eigenvalue weighted by atomic mass is 16.5. The van der Waals surface area contributed by atoms with E-state index in [1.165, 1.54) is 37.0 Å². The maximum Gasteiger partial charge on any atom is 0.335 e. The Hall–Kier alpha value is -3.98. The van der Waals surface area contributed by atoms with Crippen molar-refractivity contribution in [2.45, 2.75) is 83.5 Å². The Kier molecular flexibility index (Phi) is 8.61. The number of carbonyl (C=O) groups is 2. The third-order valence-electron chi connectivity index (χ3n) is 9.41. The molecule has 1 aromatic heterocycles. The highest BCUT2D eigenvalue weighted by molar-refractivity contribution is 5.87. The molecule has 9 heteroatoms. The van der Waals surface area contributed by atoms with Gasteiger partial charge in [0.15, 0.2) is 0 Å². The molecule has 1 saturated carbocycles. The van der Waals surface area contributed by atoms with E-state index in [-0.39, 0.29) is 29.7 Å². The van der Waals surface area contributed by atoms with Gasteiger partial charge in [0.2, 0.25) is 0 Å². The zero-order chi connectivity index (χ0) is 29.9. The van der Waals surface area contributed by atoms with Crippen LogP contribution in [-0.4, -0.2) is 73.5 Å². The Balaban J connectivity index is 1.11. The fourth-order valence-corrected chi connectivity index (χ4v) is 7.02. The Bertz CT molecular complexity index is 1410. The van der Waals surface area contributed by atoms with E-state index in [0.717, 1.165) is 68.8 Å². The number of rotatable bonds is 8. The lowest BCUT2D eigenvalue weighted by Gasteiger charge is -2.39. The van der Waals surface area contributed by atoms with Gasteiger partial charge in [0.1, 0.15) is 5.75 Å². The quantitative estimate of drug-likeness (QED) is 0.329. The van der Waals surface area contributed by atoms with Gasteiger partial charge in [-0.15, -0.1) is 0 Å². The molecule has 2 aromatic carbocycles. The number of urea groups is 1. The van der Waals surface area contributed by atoms with Gasteiger partial charge in [-0.05, 0) is 69.4 Å². The highest BCUT2D eigenvalue weighted by Gasteiger charge is 2.45. The molecule has 1 aliphatic carbocycles. The molecule has 226 valence electrons. The lowest BCUT2D eigenvalue weighted by molar-refractivity contribution is 0.0696. The largest absolute Gasteiger partial charge is 0.478 e. The molecule has 2 amide bonds. The molecule has 0 unspecified atom stereocenters. The molecule has 9 nitrogen and oxygen atoms in total. The van der Waals surface area contributed by atoms with Gasteiger partial charge in [-0.2, -0.15) is 9.97 Å². The second kappa shape index (κ2) is 12.7. The van der Waals surface area contributed by atoms with E-state index in [9.17, 15) is 9.59 Å². The molecule has 0 bridgehead atoms. The first-order valence-electron chi connectivity index (χ1n) is 15.6. The molecule has 43 heavy (non-hydrogen) atoms. The number of hydrogen-bond acceptors (Lipinski definition) is 6. The highest BCUT2D eigenvalue weighted by Crippen LogP contribution is 2.38. The molecular formula is C34H41N5O4. The average Bonchev–Trinajstić information content (AvgIpc) is 3.37. The van der Waals surface area contributed by atoms with Crippen LogP contribution in [0.3, 0.4) is 0 Å². The van der Waals surface area contributed by atoms with Crippen LogP contribution in [0, 0.1) is 13.8 Å². The summed E-state index contributed by atoms with van der Waals surface area (Å²) in [6, 6.07) is 18.0. The summed E-state index contributed by atoms with van der Waals surface area (Å²) in [5.74, 6) is -0.488. The fraction of sp³-hybridized carbons (Fsp3) is 0.471. The van der Waals surface area contributed by atoms with Crippen molar-refractivity contribution in [3.8, 4) is 11.8 Å². The summed E-state index contributed by atoms with van der Waals surface area (Å²) in [5.41, 5.74) is 4.27. The Morgan fingerprint density at radius 1 is 0.884 bits per heavy atom. The predicted molar refractivity (Wildman–Crippen MR) is 163 cm³/mol. The van der Waals surface area contributed by atoms with Crippen molar-refractivity contribution in [2.24, 2.45) is 0 Å². The van der Waals surface area contributed by atoms with E-state index in [1.54, 1.807) is 12.1 Å². The molecule has 2 saturated heterocycles. The van der Waals surface area contributed by atoms with E-state index in [1.807, 2.05) is 19.9 Å². The van der Waals surface area contributed by atoms with Gasteiger partial charge in [0.05, 0.1) is 11.6 Å². The molecule has 3 aromatic rings. The molecular weight excluding hydrogens is 542 g/mol. The molecule has 3 fully saturated rings. The number of ether oxygens (including phenoxy) is 1. The maximum absolute atomic E-state index is 13.9. The van der Waals surface area contributed by atoms with Crippen LogP contribution in [-0.2, 0) is 6.54 Å². The van der Waals surface area contributed by atoms with E-state index in [2.05, 4.69) is 48.9 Å². The van der Waals surface area contributed by atoms with Crippen molar-refractivity contribution in [3.05, 3.63) is 82.7 Å². The van der Waals surface area contributed by atoms with Gasteiger partial charge in [-0.25, -0.2) is 9.59 Å². The number of carboxylic acids is 1. The summed E-state index contributed by atoms with van der Waals surface area (Å²) in [6.07, 6.45) is 7.87. The van der Waals surface area contributed by atoms with E-state index < -0.39 is 5.97 Å². The Morgan fingerprint density at radius 2 is 1.53 bits per heavy atom. The van der Waals surface area contributed by atoms with Gasteiger partial charge < -0.3 is 19.6 Å². The van der Waals surface area contributed by atoms with Crippen molar-refractivity contribution in [2.75, 3.05) is 19.6 Å². The van der Waals surface area contributed by atoms with Crippen LogP contribution < -0.4 is 4.74 Å². The van der Waals surface area contributed by atoms with Crippen molar-refractivity contribution < 1.29 is 19.4 Å². The minimum absolute atomic E-state index is 0.109. The number of piperidine rings is 1. The number of carbonyl (C=O) groups excluding carboxylic acids is 1. The van der Waals surface area contributed by atoms with Gasteiger partial charge in [-0.3, -0.25) is 4.90 Å². The number of carboxylic acid groups (broad SMARTS) is 1. The monoisotopic (exact) mass is 583 g/mol. The van der Waals surface area contributed by atoms with Gasteiger partial charge in [0, 0.05) is 55.2 Å². The lowest BCUT2D eigenvalue weighted by Crippen LogP contribution is -2.48. The number of nitrogens with zero attached hydrogens (tertiary/aromatic N) is 5. The third-order valence-corrected chi connectivity index (χ3v) is 9.41. The van der Waals surface area contributed by atoms with E-state index in [0.29, 0.717) is 11.8 Å². The minimum Gasteiger partial charge on any atom is -0.478 e. The van der Waals surface area contributed by atoms with Crippen LogP contribution >= 0.6 is 0 Å². The lowest BCUT2D eigenvalue weighted by atomic mass is 9.94. The van der Waals surface area contributed by atoms with E-state index in [4.69, 9.17) is 9.84 Å². The molecule has 1 N–H and O–H groups in total. The average molecular weight is 584 g/mol. The number of aromatic nitrogens is 2. The van der Waals surface area contributed by atoms with Crippen LogP contribution in [0.15, 0.2) is 54.6 Å². The second-order valence-electron chi connectivity index (χ2n) is 12.2. The summed E-state index contributed by atoms with van der Waals surface area (Å²) < 4.78 is 5.83. The van der Waals surface area contributed by atoms with Crippen LogP contribution in [0.2, 0.25) is 0 Å². The standard InChI is InChI=1S/C34H41N5O4/c1-23-30(24(2)36-33(35-23)43-29-15-13-26(14-16-29)32(40)41)21-37-19-17-28(18-20-37)39-31(25-9-5-3-6-10-25)22-38(34(39)42)27-11-7-4-8-12-27/h3,5-6,9-10,13-16,27-28,31H,4,7-8,11-12,17-22H2,1-2H3,(H,40,41)/t31-/m0/s1. The Morgan fingerprint density at radius 3 is 2.16 bits per heavy atom. The maximum atomic E-state index is 13.9. The van der Waals surface area contributed by atoms with Gasteiger partial charge in [0.25, 0.3) is 0 Å². The number of hydrogen-bond donors (Lipinski definition) is 1. The fourth-order valence-electron chi connectivity index (χ4n) is 7.02. The molecule has 0 spiro atoms. The molecule has 2 aliphatic heterocycles. The zero-order valence-corrected chi connectivity index (χ0v) is 25.1. The minimum atomic E-state index is -0.979. The molecule has 6 rings (SSSR count). The van der Waals surface area contributed by atoms with Crippen LogP contribution in [0.5, 0.6) is 11.8 Å². The van der Waals surface area contributed by atoms with Crippen molar-refractivity contribution in [1.82, 2.24) is 24.7 Å². The predicted octanol–water partition coefficient (Wildman–Crippen LogP) is 6.36. The molecule has 3 heterocycles. The smallest absolute Gasteiger partial charge is 0.335 e. The van der Waals surface area contributed by atoms with E-state index >= 15 is 0 Å². The summed E-state index contributed by atoms with van der Waals surface area (Å²) in [5, 5.41) is 9.11. The summed E-state index contributed by atoms with van der Waals surface area (Å²) in [7, 11) is 0. The number of amides is 2. The number of aryl methyl sites for hydroxylation is 2. The molecule has 1 atom stereocenters. The van der Waals surface area contributed by atoms with Crippen molar-refractivity contribution >= 4 is 12.0 Å². The molecule has 0 radical (unpaired) electrons. The Labute approximate surface area is 253 Å². The topological polar surface area (TPSA) is 99.1 Å². The van der Waals surface area contributed by atoms with Crippen LogP contribution in [0.25, 0.3) is 0 Å². The first kappa shape index (κ1) is 29.1. The first-order chi connectivity index (χ1) is 20.9. The number of aromatic carboxylic acids is 1. The zero-order valence-electron chi connectivity index (χ0n) is 25.1. The number of likely N-dealkylation sites (tertiary alicyclic amines) is 1. The first-order valence-corrected chi connectivity index (χ1v) is 15.6. The number of benzene rings is 2. The van der Waals surface area contributed by atoms with Crippen LogP contribution in [0.4, 0.5) is 4.79 Å². The normalized spacial score (nSPS) is 20.5. The van der Waals surface area contributed by atoms with Crippen LogP contribution in [0.1, 0.15) is 83.9 Å². The van der Waals surface area contributed by atoms with Crippen molar-refractivity contribution in [3.63, 3.8) is 0 Å². The van der Waals surface area contributed by atoms with Gasteiger partial charge in [-0.1, -0.05) is 49.6 Å². The summed E-state index contributed by atoms with van der Waals surface area (Å²) >= 11 is 0. The SMILES string of the molecule is Cc1nc(Oc2ccc(C(=O)O)cc2)nc(C)c1CN1CCC(N2C(=O)N(C3CCCCC3)C[C@H]2c2ccccc2)CC1.